The molecule has 0 saturated heterocycles. The van der Waals surface area contributed by atoms with E-state index in [0.717, 1.165) is 12.2 Å². The number of hydrogen-bond donors (Lipinski definition) is 1. The highest BCUT2D eigenvalue weighted by molar-refractivity contribution is 6.04. The molecule has 0 bridgehead atoms. The number of Topliss-reactive ketones (excluding diaryl/α,β-unsaturated/α-hetero) is 1. The van der Waals surface area contributed by atoms with Crippen LogP contribution in [0.5, 0.6) is 0 Å². The fraction of sp³-hybridized carbons (Fsp3) is 0.741. The molecule has 0 heterocycles. The lowest BCUT2D eigenvalue weighted by atomic mass is 9.44. The maximum atomic E-state index is 17.3. The Hall–Kier alpha value is -2.03. The van der Waals surface area contributed by atoms with Crippen LogP contribution in [0.2, 0.25) is 0 Å². The van der Waals surface area contributed by atoms with E-state index in [0.29, 0.717) is 12.8 Å². The van der Waals surface area contributed by atoms with Gasteiger partial charge in [-0.2, -0.15) is 0 Å². The van der Waals surface area contributed by atoms with Crippen molar-refractivity contribution in [3.05, 3.63) is 23.6 Å². The number of aliphatic hydroxyl groups is 1. The Kier molecular flexibility index (Phi) is 6.59. The van der Waals surface area contributed by atoms with Gasteiger partial charge in [0.2, 0.25) is 11.6 Å². The monoisotopic (exact) mass is 514 g/mol. The van der Waals surface area contributed by atoms with Gasteiger partial charge in [-0.05, 0) is 44.6 Å². The van der Waals surface area contributed by atoms with Gasteiger partial charge >= 0.3 is 5.97 Å². The number of rotatable bonds is 6. The molecule has 3 saturated carbocycles. The highest BCUT2D eigenvalue weighted by Gasteiger charge is 2.78. The quantitative estimate of drug-likeness (QED) is 0.405. The summed E-state index contributed by atoms with van der Waals surface area (Å²) in [4.78, 5) is 37.9. The van der Waals surface area contributed by atoms with Crippen LogP contribution in [0.15, 0.2) is 23.6 Å². The molecule has 0 radical (unpaired) electrons. The first kappa shape index (κ1) is 27.0. The summed E-state index contributed by atoms with van der Waals surface area (Å²) in [5, 5.41) is 11.4. The minimum Gasteiger partial charge on any atom is -0.450 e. The third kappa shape index (κ3) is 3.19. The van der Waals surface area contributed by atoms with E-state index >= 15 is 8.78 Å². The van der Waals surface area contributed by atoms with Crippen LogP contribution in [0.25, 0.3) is 0 Å². The number of fused-ring (bicyclic) bond motifs is 5. The number of esters is 1. The molecule has 0 aliphatic heterocycles. The molecule has 4 aliphatic rings. The van der Waals surface area contributed by atoms with Crippen molar-refractivity contribution < 1.29 is 41.8 Å². The summed E-state index contributed by atoms with van der Waals surface area (Å²) in [5.41, 5.74) is -8.46. The molecule has 36 heavy (non-hydrogen) atoms. The SMILES string of the molecule is CCCCC(=O)O[C@]1(C(=O)CF)C(C)C[C@H]2[C@@H]3CC(F)C4=C(F)C(=O)C=C[C@]4(C)[C@@]3(F)C(O)C[C@@]21C. The van der Waals surface area contributed by atoms with Crippen LogP contribution in [0.4, 0.5) is 17.6 Å². The molecule has 9 atom stereocenters. The molecule has 3 unspecified atom stereocenters. The predicted octanol–water partition coefficient (Wildman–Crippen LogP) is 4.86. The molecule has 0 aromatic carbocycles. The third-order valence-electron chi connectivity index (χ3n) is 9.79. The van der Waals surface area contributed by atoms with Crippen LogP contribution in [0.3, 0.4) is 0 Å². The average Bonchev–Trinajstić information content (AvgIpc) is 3.03. The van der Waals surface area contributed by atoms with E-state index in [9.17, 15) is 28.3 Å². The van der Waals surface area contributed by atoms with E-state index in [2.05, 4.69) is 0 Å². The zero-order chi connectivity index (χ0) is 26.8. The van der Waals surface area contributed by atoms with Crippen molar-refractivity contribution in [2.75, 3.05) is 6.67 Å². The Bertz CT molecular complexity index is 1040. The largest absolute Gasteiger partial charge is 0.450 e. The highest BCUT2D eigenvalue weighted by atomic mass is 19.2. The van der Waals surface area contributed by atoms with E-state index in [4.69, 9.17) is 4.74 Å². The summed E-state index contributed by atoms with van der Waals surface area (Å²) in [6.07, 6.45) is -1.41. The molecule has 5 nitrogen and oxygen atoms in total. The number of halogens is 4. The van der Waals surface area contributed by atoms with Crippen molar-refractivity contribution >= 4 is 17.5 Å². The molecule has 0 aromatic rings. The van der Waals surface area contributed by atoms with Gasteiger partial charge in [0.05, 0.1) is 6.10 Å². The average molecular weight is 515 g/mol. The molecule has 0 spiro atoms. The smallest absolute Gasteiger partial charge is 0.306 e. The molecule has 0 amide bonds. The minimum absolute atomic E-state index is 0.0151. The maximum Gasteiger partial charge on any atom is 0.306 e. The summed E-state index contributed by atoms with van der Waals surface area (Å²) >= 11 is 0. The van der Waals surface area contributed by atoms with Gasteiger partial charge in [0.25, 0.3) is 0 Å². The Morgan fingerprint density at radius 2 is 1.89 bits per heavy atom. The Morgan fingerprint density at radius 1 is 1.22 bits per heavy atom. The van der Waals surface area contributed by atoms with E-state index in [1.807, 2.05) is 6.92 Å². The second-order valence-corrected chi connectivity index (χ2v) is 11.5. The zero-order valence-electron chi connectivity index (χ0n) is 21.1. The molecular weight excluding hydrogens is 480 g/mol. The topological polar surface area (TPSA) is 80.7 Å². The number of aliphatic hydroxyl groups excluding tert-OH is 1. The molecular formula is C27H34F4O5. The lowest BCUT2D eigenvalue weighted by molar-refractivity contribution is -0.231. The van der Waals surface area contributed by atoms with Crippen molar-refractivity contribution in [3.8, 4) is 0 Å². The second-order valence-electron chi connectivity index (χ2n) is 11.5. The van der Waals surface area contributed by atoms with Crippen molar-refractivity contribution in [1.29, 1.82) is 0 Å². The fourth-order valence-corrected chi connectivity index (χ4v) is 8.14. The van der Waals surface area contributed by atoms with Gasteiger partial charge in [-0.1, -0.05) is 33.3 Å². The van der Waals surface area contributed by atoms with Gasteiger partial charge in [0.15, 0.2) is 23.8 Å². The normalized spacial score (nSPS) is 45.7. The van der Waals surface area contributed by atoms with Crippen LogP contribution in [-0.4, -0.2) is 52.9 Å². The summed E-state index contributed by atoms with van der Waals surface area (Å²) in [6.45, 7) is 4.93. The van der Waals surface area contributed by atoms with Crippen molar-refractivity contribution in [2.45, 2.75) is 89.8 Å². The molecule has 9 heteroatoms. The van der Waals surface area contributed by atoms with E-state index in [-0.39, 0.29) is 19.3 Å². The van der Waals surface area contributed by atoms with Crippen molar-refractivity contribution in [2.24, 2.45) is 28.6 Å². The van der Waals surface area contributed by atoms with Crippen molar-refractivity contribution in [1.82, 2.24) is 0 Å². The number of carbonyl (C=O) groups excluding carboxylic acids is 3. The Balaban J connectivity index is 1.85. The number of ketones is 2. The molecule has 3 fully saturated rings. The minimum atomic E-state index is -2.57. The zero-order valence-corrected chi connectivity index (χ0v) is 21.1. The first-order chi connectivity index (χ1) is 16.8. The van der Waals surface area contributed by atoms with Crippen LogP contribution < -0.4 is 0 Å². The summed E-state index contributed by atoms with van der Waals surface area (Å²) in [6, 6.07) is 0. The van der Waals surface area contributed by atoms with Gasteiger partial charge in [-0.3, -0.25) is 14.4 Å². The highest BCUT2D eigenvalue weighted by Crippen LogP contribution is 2.72. The summed E-state index contributed by atoms with van der Waals surface area (Å²) in [5.74, 6) is -6.75. The Morgan fingerprint density at radius 3 is 2.50 bits per heavy atom. The molecule has 4 rings (SSSR count). The number of hydrogen-bond acceptors (Lipinski definition) is 5. The summed E-state index contributed by atoms with van der Waals surface area (Å²) in [7, 11) is 0. The molecule has 0 aromatic heterocycles. The van der Waals surface area contributed by atoms with Crippen LogP contribution in [0.1, 0.15) is 66.2 Å². The number of ether oxygens (including phenoxy) is 1. The van der Waals surface area contributed by atoms with Crippen LogP contribution in [0, 0.1) is 28.6 Å². The standard InChI is InChI=1S/C27H34F4O5/c1-5-6-7-21(35)36-27(20(34)13-28)14(2)10-15-16-11-17(29)22-23(30)18(32)8-9-24(22,3)26(16,31)19(33)12-25(15,27)4/h8-9,14-17,19,33H,5-7,10-13H2,1-4H3/t14?,15-,16-,17?,19?,24-,25-,26-,27-/m0/s1. The number of alkyl halides is 3. The first-order valence-electron chi connectivity index (χ1n) is 12.7. The third-order valence-corrected chi connectivity index (χ3v) is 9.79. The lowest BCUT2D eigenvalue weighted by Gasteiger charge is -2.63. The summed E-state index contributed by atoms with van der Waals surface area (Å²) < 4.78 is 67.4. The second kappa shape index (κ2) is 8.77. The van der Waals surface area contributed by atoms with Gasteiger partial charge < -0.3 is 9.84 Å². The van der Waals surface area contributed by atoms with E-state index in [1.165, 1.54) is 6.92 Å². The number of carbonyl (C=O) groups is 3. The molecule has 4 aliphatic carbocycles. The van der Waals surface area contributed by atoms with Gasteiger partial charge in [0.1, 0.15) is 6.17 Å². The lowest BCUT2D eigenvalue weighted by Crippen LogP contribution is -2.71. The van der Waals surface area contributed by atoms with Gasteiger partial charge in [0, 0.05) is 34.7 Å². The number of allylic oxidation sites excluding steroid dienone is 4. The van der Waals surface area contributed by atoms with Gasteiger partial charge in [-0.25, -0.2) is 17.6 Å². The fourth-order valence-electron chi connectivity index (χ4n) is 8.14. The number of unbranched alkanes of at least 4 members (excludes halogenated alkanes) is 1. The van der Waals surface area contributed by atoms with E-state index < -0.39 is 94.2 Å². The van der Waals surface area contributed by atoms with Crippen LogP contribution in [-0.2, 0) is 19.1 Å². The predicted molar refractivity (Wildman–Crippen MR) is 123 cm³/mol. The maximum absolute atomic E-state index is 17.3. The van der Waals surface area contributed by atoms with Gasteiger partial charge in [-0.15, -0.1) is 0 Å². The molecule has 200 valence electrons. The van der Waals surface area contributed by atoms with E-state index in [1.54, 1.807) is 13.8 Å². The van der Waals surface area contributed by atoms with Crippen molar-refractivity contribution in [3.63, 3.8) is 0 Å². The Labute approximate surface area is 208 Å². The molecule has 1 N–H and O–H groups in total. The van der Waals surface area contributed by atoms with Crippen LogP contribution >= 0.6 is 0 Å². The first-order valence-corrected chi connectivity index (χ1v) is 12.7.